The quantitative estimate of drug-likeness (QED) is 0.243. The van der Waals surface area contributed by atoms with Crippen molar-refractivity contribution in [2.75, 3.05) is 34.2 Å². The van der Waals surface area contributed by atoms with Gasteiger partial charge in [-0.2, -0.15) is 5.11 Å². The topological polar surface area (TPSA) is 65.2 Å². The lowest BCUT2D eigenvalue weighted by Gasteiger charge is -2.12. The van der Waals surface area contributed by atoms with Crippen molar-refractivity contribution in [1.82, 2.24) is 10.0 Å². The fraction of sp³-hybridized carbons (Fsp3) is 0.455. The Kier molecular flexibility index (Phi) is 9.62. The molecule has 0 fully saturated rings. The molecule has 7 nitrogen and oxygen atoms in total. The zero-order valence-electron chi connectivity index (χ0n) is 18.0. The van der Waals surface area contributed by atoms with Crippen molar-refractivity contribution in [3.8, 4) is 11.5 Å². The molecule has 0 saturated carbocycles. The molecule has 0 aliphatic heterocycles. The largest absolute Gasteiger partial charge is 0.457 e. The van der Waals surface area contributed by atoms with Crippen LogP contribution in [0.3, 0.4) is 0 Å². The van der Waals surface area contributed by atoms with Crippen LogP contribution in [0, 0.1) is 6.92 Å². The zero-order valence-corrected chi connectivity index (χ0v) is 18.0. The fourth-order valence-electron chi connectivity index (χ4n) is 2.73. The van der Waals surface area contributed by atoms with E-state index in [1.54, 1.807) is 7.05 Å². The minimum atomic E-state index is 0.784. The van der Waals surface area contributed by atoms with Crippen LogP contribution in [-0.4, -0.2) is 44.3 Å². The van der Waals surface area contributed by atoms with Crippen molar-refractivity contribution in [2.45, 2.75) is 32.6 Å². The lowest BCUT2D eigenvalue weighted by atomic mass is 10.2. The molecule has 0 amide bonds. The molecule has 156 valence electrons. The number of nitrogens with zero attached hydrogens (tertiary/aromatic N) is 6. The van der Waals surface area contributed by atoms with Crippen molar-refractivity contribution in [1.29, 1.82) is 0 Å². The van der Waals surface area contributed by atoms with E-state index < -0.39 is 0 Å². The third-order valence-electron chi connectivity index (χ3n) is 4.36. The van der Waals surface area contributed by atoms with Crippen molar-refractivity contribution in [3.05, 3.63) is 54.1 Å². The van der Waals surface area contributed by atoms with E-state index in [0.717, 1.165) is 43.1 Å². The van der Waals surface area contributed by atoms with Crippen molar-refractivity contribution < 1.29 is 4.74 Å². The summed E-state index contributed by atoms with van der Waals surface area (Å²) in [4.78, 5) is 0. The van der Waals surface area contributed by atoms with Gasteiger partial charge in [-0.05, 0) is 56.2 Å². The molecule has 2 rings (SSSR count). The van der Waals surface area contributed by atoms with Gasteiger partial charge < -0.3 is 4.74 Å². The molecule has 0 saturated heterocycles. The smallest absolute Gasteiger partial charge is 0.127 e. The highest BCUT2D eigenvalue weighted by molar-refractivity contribution is 5.42. The Bertz CT molecular complexity index is 758. The van der Waals surface area contributed by atoms with E-state index in [1.807, 2.05) is 72.6 Å². The van der Waals surface area contributed by atoms with Gasteiger partial charge in [0.1, 0.15) is 11.5 Å². The molecule has 0 heterocycles. The Hall–Kier alpha value is -2.96. The van der Waals surface area contributed by atoms with E-state index in [-0.39, 0.29) is 0 Å². The average Bonchev–Trinajstić information content (AvgIpc) is 2.72. The summed E-state index contributed by atoms with van der Waals surface area (Å²) in [5.41, 5.74) is 2.02. The molecule has 0 spiro atoms. The second-order valence-corrected chi connectivity index (χ2v) is 7.06. The van der Waals surface area contributed by atoms with E-state index in [1.165, 1.54) is 18.4 Å². The Morgan fingerprint density at radius 3 is 1.79 bits per heavy atom. The van der Waals surface area contributed by atoms with Crippen LogP contribution in [0.5, 0.6) is 11.5 Å². The van der Waals surface area contributed by atoms with Gasteiger partial charge in [-0.3, -0.25) is 10.0 Å². The minimum Gasteiger partial charge on any atom is -0.457 e. The monoisotopic (exact) mass is 396 g/mol. The molecule has 0 atom stereocenters. The standard InChI is InChI=1S/C22H32N6O/c1-19-9-13-21(14-10-19)29-22-15-11-20(12-16-22)24-26-28(4)18-8-6-5-7-17-27(3)25-23-2/h9-16H,5-8,17-18H2,1-4H3. The summed E-state index contributed by atoms with van der Waals surface area (Å²) < 4.78 is 5.83. The van der Waals surface area contributed by atoms with Gasteiger partial charge in [0.2, 0.25) is 0 Å². The first-order chi connectivity index (χ1) is 14.1. The van der Waals surface area contributed by atoms with E-state index in [9.17, 15) is 0 Å². The summed E-state index contributed by atoms with van der Waals surface area (Å²) in [6, 6.07) is 15.6. The lowest BCUT2D eigenvalue weighted by molar-refractivity contribution is 0.305. The predicted molar refractivity (Wildman–Crippen MR) is 117 cm³/mol. The second kappa shape index (κ2) is 12.5. The summed E-state index contributed by atoms with van der Waals surface area (Å²) in [7, 11) is 5.59. The van der Waals surface area contributed by atoms with Gasteiger partial charge in [-0.15, -0.1) is 5.11 Å². The summed E-state index contributed by atoms with van der Waals surface area (Å²) in [6.45, 7) is 3.89. The normalized spacial score (nSPS) is 11.3. The maximum absolute atomic E-state index is 5.83. The molecule has 29 heavy (non-hydrogen) atoms. The molecule has 0 N–H and O–H groups in total. The van der Waals surface area contributed by atoms with Crippen LogP contribution in [-0.2, 0) is 0 Å². The highest BCUT2D eigenvalue weighted by atomic mass is 16.5. The lowest BCUT2D eigenvalue weighted by Crippen LogP contribution is -2.13. The molecule has 0 aromatic heterocycles. The first kappa shape index (κ1) is 22.3. The fourth-order valence-corrected chi connectivity index (χ4v) is 2.73. The Morgan fingerprint density at radius 1 is 0.724 bits per heavy atom. The predicted octanol–water partition coefficient (Wildman–Crippen LogP) is 6.21. The van der Waals surface area contributed by atoms with E-state index in [4.69, 9.17) is 4.74 Å². The average molecular weight is 397 g/mol. The number of hydrogen-bond acceptors (Lipinski definition) is 5. The summed E-state index contributed by atoms with van der Waals surface area (Å²) in [5, 5.41) is 20.0. The van der Waals surface area contributed by atoms with Gasteiger partial charge in [0, 0.05) is 27.2 Å². The maximum Gasteiger partial charge on any atom is 0.127 e. The Morgan fingerprint density at radius 2 is 1.24 bits per heavy atom. The summed E-state index contributed by atoms with van der Waals surface area (Å²) in [5.74, 6) is 1.61. The molecular formula is C22H32N6O. The van der Waals surface area contributed by atoms with Gasteiger partial charge in [0.15, 0.2) is 0 Å². The molecule has 7 heteroatoms. The van der Waals surface area contributed by atoms with Crippen LogP contribution in [0.4, 0.5) is 5.69 Å². The Labute approximate surface area is 174 Å². The number of aryl methyl sites for hydroxylation is 1. The number of hydrogen-bond donors (Lipinski definition) is 0. The van der Waals surface area contributed by atoms with Crippen LogP contribution in [0.1, 0.15) is 31.2 Å². The number of unbranched alkanes of at least 4 members (excludes halogenated alkanes) is 3. The third-order valence-corrected chi connectivity index (χ3v) is 4.36. The molecule has 0 unspecified atom stereocenters. The minimum absolute atomic E-state index is 0.784. The van der Waals surface area contributed by atoms with Gasteiger partial charge in [0.25, 0.3) is 0 Å². The summed E-state index contributed by atoms with van der Waals surface area (Å²) in [6.07, 6.45) is 4.56. The molecule has 0 aliphatic rings. The Balaban J connectivity index is 1.66. The van der Waals surface area contributed by atoms with E-state index in [2.05, 4.69) is 27.6 Å². The van der Waals surface area contributed by atoms with E-state index >= 15 is 0 Å². The molecule has 0 bridgehead atoms. The van der Waals surface area contributed by atoms with Gasteiger partial charge >= 0.3 is 0 Å². The third kappa shape index (κ3) is 9.19. The van der Waals surface area contributed by atoms with Crippen molar-refractivity contribution in [2.24, 2.45) is 20.7 Å². The van der Waals surface area contributed by atoms with Crippen LogP contribution in [0.25, 0.3) is 0 Å². The number of rotatable bonds is 12. The molecule has 0 radical (unpaired) electrons. The molecule has 2 aromatic carbocycles. The van der Waals surface area contributed by atoms with Gasteiger partial charge in [-0.25, -0.2) is 0 Å². The highest BCUT2D eigenvalue weighted by Crippen LogP contribution is 2.24. The second-order valence-electron chi connectivity index (χ2n) is 7.06. The summed E-state index contributed by atoms with van der Waals surface area (Å²) >= 11 is 0. The van der Waals surface area contributed by atoms with Crippen molar-refractivity contribution >= 4 is 5.69 Å². The van der Waals surface area contributed by atoms with Crippen molar-refractivity contribution in [3.63, 3.8) is 0 Å². The van der Waals surface area contributed by atoms with Gasteiger partial charge in [0.05, 0.1) is 12.7 Å². The highest BCUT2D eigenvalue weighted by Gasteiger charge is 1.99. The number of ether oxygens (including phenoxy) is 1. The van der Waals surface area contributed by atoms with Gasteiger partial charge in [-0.1, -0.05) is 41.0 Å². The van der Waals surface area contributed by atoms with Crippen LogP contribution < -0.4 is 4.74 Å². The molecule has 2 aromatic rings. The SMILES string of the molecule is CN=NN(C)CCCCCCN(C)N=Nc1ccc(Oc2ccc(C)cc2)cc1. The van der Waals surface area contributed by atoms with Crippen LogP contribution in [0.2, 0.25) is 0 Å². The maximum atomic E-state index is 5.83. The first-order valence-corrected chi connectivity index (χ1v) is 10.0. The first-order valence-electron chi connectivity index (χ1n) is 10.0. The molecule has 0 aliphatic carbocycles. The van der Waals surface area contributed by atoms with Crippen LogP contribution in [0.15, 0.2) is 69.2 Å². The van der Waals surface area contributed by atoms with E-state index in [0.29, 0.717) is 0 Å². The van der Waals surface area contributed by atoms with Crippen LogP contribution >= 0.6 is 0 Å². The number of benzene rings is 2. The zero-order chi connectivity index (χ0) is 20.9. The molecular weight excluding hydrogens is 364 g/mol.